The van der Waals surface area contributed by atoms with Crippen molar-refractivity contribution in [1.29, 1.82) is 0 Å². The zero-order chi connectivity index (χ0) is 22.3. The standard InChI is InChI=1S/C20H25FN6O3S/c1-4-5-16-17-18(26(3)24-16)20(28)23-19(22-17)14-12-13(6-7-15(14)21)31(29,30)27-10-8-25(2)9-11-27/h6-7,12H,4-5,8-11H2,1-3H3,(H,22,23,28). The van der Waals surface area contributed by atoms with Crippen molar-refractivity contribution in [3.63, 3.8) is 0 Å². The van der Waals surface area contributed by atoms with Crippen LogP contribution in [0.3, 0.4) is 0 Å². The van der Waals surface area contributed by atoms with Gasteiger partial charge >= 0.3 is 0 Å². The Balaban J connectivity index is 1.81. The first-order valence-electron chi connectivity index (χ1n) is 10.2. The zero-order valence-corrected chi connectivity index (χ0v) is 18.5. The van der Waals surface area contributed by atoms with Gasteiger partial charge in [0.2, 0.25) is 10.0 Å². The van der Waals surface area contributed by atoms with Crippen LogP contribution in [0.4, 0.5) is 4.39 Å². The minimum atomic E-state index is -3.79. The molecular weight excluding hydrogens is 423 g/mol. The van der Waals surface area contributed by atoms with Crippen molar-refractivity contribution in [2.24, 2.45) is 7.05 Å². The lowest BCUT2D eigenvalue weighted by atomic mass is 10.2. The van der Waals surface area contributed by atoms with E-state index in [9.17, 15) is 17.6 Å². The fraction of sp³-hybridized carbons (Fsp3) is 0.450. The van der Waals surface area contributed by atoms with Crippen LogP contribution < -0.4 is 5.56 Å². The summed E-state index contributed by atoms with van der Waals surface area (Å²) in [7, 11) is -0.206. The van der Waals surface area contributed by atoms with E-state index >= 15 is 0 Å². The van der Waals surface area contributed by atoms with E-state index < -0.39 is 21.4 Å². The number of hydrogen-bond donors (Lipinski definition) is 1. The fourth-order valence-electron chi connectivity index (χ4n) is 3.80. The molecule has 3 heterocycles. The van der Waals surface area contributed by atoms with Crippen molar-refractivity contribution >= 4 is 21.1 Å². The second kappa shape index (κ2) is 8.13. The first-order valence-corrected chi connectivity index (χ1v) is 11.6. The Morgan fingerprint density at radius 1 is 1.16 bits per heavy atom. The first-order chi connectivity index (χ1) is 14.7. The van der Waals surface area contributed by atoms with Crippen molar-refractivity contribution in [2.75, 3.05) is 33.2 Å². The number of nitrogens with one attached hydrogen (secondary N) is 1. The Labute approximate surface area is 179 Å². The molecule has 3 aromatic rings. The number of halogens is 1. The number of nitrogens with zero attached hydrogens (tertiary/aromatic N) is 5. The van der Waals surface area contributed by atoms with Crippen LogP contribution in [0.1, 0.15) is 19.0 Å². The van der Waals surface area contributed by atoms with Gasteiger partial charge in [0.05, 0.1) is 16.2 Å². The molecule has 0 amide bonds. The van der Waals surface area contributed by atoms with Gasteiger partial charge in [0.15, 0.2) is 5.52 Å². The minimum Gasteiger partial charge on any atom is -0.305 e. The molecule has 1 N–H and O–H groups in total. The van der Waals surface area contributed by atoms with Gasteiger partial charge < -0.3 is 9.88 Å². The summed E-state index contributed by atoms with van der Waals surface area (Å²) in [5, 5.41) is 4.36. The lowest BCUT2D eigenvalue weighted by Gasteiger charge is -2.31. The number of aromatic amines is 1. The smallest absolute Gasteiger partial charge is 0.277 e. The van der Waals surface area contributed by atoms with Gasteiger partial charge in [0, 0.05) is 33.2 Å². The zero-order valence-electron chi connectivity index (χ0n) is 17.7. The van der Waals surface area contributed by atoms with Crippen molar-refractivity contribution in [1.82, 2.24) is 29.0 Å². The van der Waals surface area contributed by atoms with Crippen molar-refractivity contribution in [3.05, 3.63) is 40.1 Å². The van der Waals surface area contributed by atoms with Gasteiger partial charge in [-0.15, -0.1) is 0 Å². The maximum Gasteiger partial charge on any atom is 0.277 e. The van der Waals surface area contributed by atoms with E-state index in [-0.39, 0.29) is 16.3 Å². The van der Waals surface area contributed by atoms with E-state index in [1.807, 2.05) is 18.9 Å². The van der Waals surface area contributed by atoms with Crippen LogP contribution in [-0.2, 0) is 23.5 Å². The topological polar surface area (TPSA) is 104 Å². The van der Waals surface area contributed by atoms with Crippen LogP contribution in [0.25, 0.3) is 22.4 Å². The number of likely N-dealkylation sites (N-methyl/N-ethyl adjacent to an activating group) is 1. The molecule has 9 nitrogen and oxygen atoms in total. The number of fused-ring (bicyclic) bond motifs is 1. The number of rotatable bonds is 5. The molecule has 1 aliphatic rings. The molecule has 0 radical (unpaired) electrons. The molecule has 0 aliphatic carbocycles. The molecule has 4 rings (SSSR count). The van der Waals surface area contributed by atoms with Crippen LogP contribution >= 0.6 is 0 Å². The lowest BCUT2D eigenvalue weighted by molar-refractivity contribution is 0.222. The van der Waals surface area contributed by atoms with Crippen molar-refractivity contribution in [3.8, 4) is 11.4 Å². The first kappa shape index (κ1) is 21.6. The van der Waals surface area contributed by atoms with E-state index in [1.54, 1.807) is 7.05 Å². The third-order valence-corrected chi connectivity index (χ3v) is 7.44. The molecule has 1 aliphatic heterocycles. The summed E-state index contributed by atoms with van der Waals surface area (Å²) < 4.78 is 43.8. The van der Waals surface area contributed by atoms with Gasteiger partial charge in [-0.3, -0.25) is 9.48 Å². The highest BCUT2D eigenvalue weighted by atomic mass is 32.2. The van der Waals surface area contributed by atoms with E-state index in [2.05, 4.69) is 15.1 Å². The van der Waals surface area contributed by atoms with Crippen LogP contribution in [0.5, 0.6) is 0 Å². The van der Waals surface area contributed by atoms with Crippen molar-refractivity contribution in [2.45, 2.75) is 24.7 Å². The molecule has 0 saturated carbocycles. The fourth-order valence-corrected chi connectivity index (χ4v) is 5.25. The molecule has 31 heavy (non-hydrogen) atoms. The molecule has 166 valence electrons. The highest BCUT2D eigenvalue weighted by Gasteiger charge is 2.28. The molecule has 1 aromatic carbocycles. The van der Waals surface area contributed by atoms with E-state index in [0.717, 1.165) is 12.5 Å². The highest BCUT2D eigenvalue weighted by Crippen LogP contribution is 2.26. The molecular formula is C20H25FN6O3S. The quantitative estimate of drug-likeness (QED) is 0.632. The second-order valence-electron chi connectivity index (χ2n) is 7.78. The van der Waals surface area contributed by atoms with Crippen LogP contribution in [0, 0.1) is 5.82 Å². The Kier molecular flexibility index (Phi) is 5.67. The normalized spacial score (nSPS) is 16.3. The Morgan fingerprint density at radius 3 is 2.55 bits per heavy atom. The summed E-state index contributed by atoms with van der Waals surface area (Å²) in [6.07, 6.45) is 1.43. The minimum absolute atomic E-state index is 0.0178. The van der Waals surface area contributed by atoms with E-state index in [0.29, 0.717) is 49.3 Å². The molecule has 0 spiro atoms. The summed E-state index contributed by atoms with van der Waals surface area (Å²) in [5.41, 5.74) is 0.821. The van der Waals surface area contributed by atoms with Crippen LogP contribution in [-0.4, -0.2) is 70.6 Å². The Morgan fingerprint density at radius 2 is 1.87 bits per heavy atom. The summed E-state index contributed by atoms with van der Waals surface area (Å²) in [6, 6.07) is 3.58. The monoisotopic (exact) mass is 448 g/mol. The maximum absolute atomic E-state index is 14.7. The molecule has 1 fully saturated rings. The largest absolute Gasteiger partial charge is 0.305 e. The predicted octanol–water partition coefficient (Wildman–Crippen LogP) is 1.35. The van der Waals surface area contributed by atoms with E-state index in [4.69, 9.17) is 0 Å². The van der Waals surface area contributed by atoms with Gasteiger partial charge in [-0.1, -0.05) is 13.3 Å². The van der Waals surface area contributed by atoms with Gasteiger partial charge in [0.25, 0.3) is 5.56 Å². The number of hydrogen-bond acceptors (Lipinski definition) is 6. The Bertz CT molecular complexity index is 1290. The maximum atomic E-state index is 14.7. The van der Waals surface area contributed by atoms with Gasteiger partial charge in [-0.2, -0.15) is 9.40 Å². The van der Waals surface area contributed by atoms with Crippen molar-refractivity contribution < 1.29 is 12.8 Å². The second-order valence-corrected chi connectivity index (χ2v) is 9.72. The number of aryl methyl sites for hydroxylation is 2. The summed E-state index contributed by atoms with van der Waals surface area (Å²) in [5.74, 6) is -0.684. The number of sulfonamides is 1. The third-order valence-electron chi connectivity index (χ3n) is 5.54. The third kappa shape index (κ3) is 3.88. The number of H-pyrrole nitrogens is 1. The molecule has 2 aromatic heterocycles. The number of piperazine rings is 1. The number of benzene rings is 1. The predicted molar refractivity (Wildman–Crippen MR) is 115 cm³/mol. The average Bonchev–Trinajstić information content (AvgIpc) is 3.04. The molecule has 0 bridgehead atoms. The SMILES string of the molecule is CCCc1nn(C)c2c(=O)[nH]c(-c3cc(S(=O)(=O)N4CCN(C)CC4)ccc3F)nc12. The molecule has 11 heteroatoms. The summed E-state index contributed by atoms with van der Waals surface area (Å²) >= 11 is 0. The number of aromatic nitrogens is 4. The molecule has 0 unspecified atom stereocenters. The lowest BCUT2D eigenvalue weighted by Crippen LogP contribution is -2.47. The van der Waals surface area contributed by atoms with Crippen LogP contribution in [0.15, 0.2) is 27.9 Å². The Hall–Kier alpha value is -2.63. The summed E-state index contributed by atoms with van der Waals surface area (Å²) in [6.45, 7) is 3.96. The van der Waals surface area contributed by atoms with Crippen LogP contribution in [0.2, 0.25) is 0 Å². The average molecular weight is 449 g/mol. The molecule has 1 saturated heterocycles. The van der Waals surface area contributed by atoms with Gasteiger partial charge in [-0.25, -0.2) is 17.8 Å². The molecule has 0 atom stereocenters. The summed E-state index contributed by atoms with van der Waals surface area (Å²) in [4.78, 5) is 21.7. The highest BCUT2D eigenvalue weighted by molar-refractivity contribution is 7.89. The van der Waals surface area contributed by atoms with E-state index in [1.165, 1.54) is 21.1 Å². The van der Waals surface area contributed by atoms with Gasteiger partial charge in [0.1, 0.15) is 17.2 Å². The van der Waals surface area contributed by atoms with Gasteiger partial charge in [-0.05, 0) is 31.7 Å².